The molecule has 2 amide bonds. The molecule has 0 aromatic heterocycles. The molecular formula is C37H40F3N3O4S. The Hall–Kier alpha value is -4.64. The number of amides is 2. The molecule has 2 atom stereocenters. The Morgan fingerprint density at radius 2 is 1.42 bits per heavy atom. The van der Waals surface area contributed by atoms with Crippen molar-refractivity contribution in [3.05, 3.63) is 131 Å². The Labute approximate surface area is 280 Å². The Kier molecular flexibility index (Phi) is 11.7. The summed E-state index contributed by atoms with van der Waals surface area (Å²) in [7, 11) is -4.55. The first kappa shape index (κ1) is 36.2. The number of nitrogens with one attached hydrogen (secondary N) is 1. The van der Waals surface area contributed by atoms with Gasteiger partial charge in [-0.1, -0.05) is 90.8 Å². The van der Waals surface area contributed by atoms with Gasteiger partial charge >= 0.3 is 6.18 Å². The summed E-state index contributed by atoms with van der Waals surface area (Å²) in [6.07, 6.45) is -4.01. The highest BCUT2D eigenvalue weighted by molar-refractivity contribution is 7.92. The van der Waals surface area contributed by atoms with E-state index in [9.17, 15) is 31.2 Å². The van der Waals surface area contributed by atoms with Crippen molar-refractivity contribution in [2.45, 2.75) is 70.2 Å². The molecule has 4 aromatic rings. The van der Waals surface area contributed by atoms with Gasteiger partial charge in [-0.15, -0.1) is 0 Å². The highest BCUT2D eigenvalue weighted by Gasteiger charge is 2.36. The van der Waals surface area contributed by atoms with Crippen LogP contribution in [0.4, 0.5) is 18.9 Å². The molecule has 48 heavy (non-hydrogen) atoms. The highest BCUT2D eigenvalue weighted by atomic mass is 32.2. The summed E-state index contributed by atoms with van der Waals surface area (Å²) < 4.78 is 70.4. The number of sulfonamides is 1. The van der Waals surface area contributed by atoms with Crippen molar-refractivity contribution in [1.29, 1.82) is 0 Å². The van der Waals surface area contributed by atoms with E-state index >= 15 is 0 Å². The molecule has 4 rings (SSSR count). The molecule has 0 aliphatic rings. The third-order valence-corrected chi connectivity index (χ3v) is 9.88. The summed E-state index contributed by atoms with van der Waals surface area (Å²) in [4.78, 5) is 29.6. The molecule has 0 aliphatic heterocycles. The number of nitrogens with zero attached hydrogens (tertiary/aromatic N) is 2. The van der Waals surface area contributed by atoms with Crippen LogP contribution < -0.4 is 9.62 Å². The predicted octanol–water partition coefficient (Wildman–Crippen LogP) is 7.07. The van der Waals surface area contributed by atoms with Crippen molar-refractivity contribution >= 4 is 27.5 Å². The van der Waals surface area contributed by atoms with Crippen LogP contribution in [0.3, 0.4) is 0 Å². The number of alkyl halides is 3. The van der Waals surface area contributed by atoms with Gasteiger partial charge in [0, 0.05) is 19.0 Å². The maximum Gasteiger partial charge on any atom is 0.416 e. The minimum Gasteiger partial charge on any atom is -0.352 e. The SMILES string of the molecule is CC[C@@H](C)NC(=O)[C@@H](Cc1ccccc1)N(Cc1ccc(C)cc1)C(=O)CN(c1cccc(C(F)(F)F)c1)S(=O)(=O)c1ccc(C)cc1. The monoisotopic (exact) mass is 679 g/mol. The van der Waals surface area contributed by atoms with Crippen LogP contribution in [0.1, 0.15) is 48.1 Å². The Bertz CT molecular complexity index is 1800. The van der Waals surface area contributed by atoms with Gasteiger partial charge < -0.3 is 10.2 Å². The van der Waals surface area contributed by atoms with E-state index < -0.39 is 46.2 Å². The Morgan fingerprint density at radius 1 is 0.812 bits per heavy atom. The highest BCUT2D eigenvalue weighted by Crippen LogP contribution is 2.33. The zero-order valence-electron chi connectivity index (χ0n) is 27.4. The third-order valence-electron chi connectivity index (χ3n) is 8.09. The van der Waals surface area contributed by atoms with Crippen LogP contribution in [0, 0.1) is 13.8 Å². The number of benzene rings is 4. The fraction of sp³-hybridized carbons (Fsp3) is 0.297. The molecule has 0 unspecified atom stereocenters. The zero-order chi connectivity index (χ0) is 35.1. The second-order valence-corrected chi connectivity index (χ2v) is 13.8. The molecule has 7 nitrogen and oxygen atoms in total. The summed E-state index contributed by atoms with van der Waals surface area (Å²) >= 11 is 0. The minimum atomic E-state index is -4.76. The largest absolute Gasteiger partial charge is 0.416 e. The van der Waals surface area contributed by atoms with Crippen LogP contribution >= 0.6 is 0 Å². The van der Waals surface area contributed by atoms with Crippen LogP contribution in [0.25, 0.3) is 0 Å². The molecule has 254 valence electrons. The second kappa shape index (κ2) is 15.5. The van der Waals surface area contributed by atoms with Gasteiger partial charge in [0.05, 0.1) is 16.1 Å². The summed E-state index contributed by atoms with van der Waals surface area (Å²) in [5.41, 5.74) is 1.81. The average Bonchev–Trinajstić information content (AvgIpc) is 3.06. The Morgan fingerprint density at radius 3 is 2.00 bits per heavy atom. The van der Waals surface area contributed by atoms with E-state index in [1.807, 2.05) is 75.4 Å². The molecule has 0 spiro atoms. The summed E-state index contributed by atoms with van der Waals surface area (Å²) in [5, 5.41) is 2.96. The molecule has 0 bridgehead atoms. The van der Waals surface area contributed by atoms with Gasteiger partial charge in [-0.25, -0.2) is 8.42 Å². The van der Waals surface area contributed by atoms with Crippen molar-refractivity contribution in [3.8, 4) is 0 Å². The van der Waals surface area contributed by atoms with E-state index in [0.29, 0.717) is 22.4 Å². The number of carbonyl (C=O) groups excluding carboxylic acids is 2. The molecule has 0 saturated heterocycles. The lowest BCUT2D eigenvalue weighted by atomic mass is 10.0. The number of hydrogen-bond acceptors (Lipinski definition) is 4. The normalized spacial score (nSPS) is 13.0. The summed E-state index contributed by atoms with van der Waals surface area (Å²) in [6, 6.07) is 24.9. The maximum atomic E-state index is 14.5. The van der Waals surface area contributed by atoms with Gasteiger partial charge in [0.25, 0.3) is 10.0 Å². The van der Waals surface area contributed by atoms with Crippen molar-refractivity contribution in [2.75, 3.05) is 10.8 Å². The van der Waals surface area contributed by atoms with Crippen LogP contribution in [0.2, 0.25) is 0 Å². The van der Waals surface area contributed by atoms with Crippen molar-refractivity contribution in [3.63, 3.8) is 0 Å². The standard InChI is InChI=1S/C37H40F3N3O4S/c1-5-28(4)41-36(45)34(22-29-10-7-6-8-11-29)42(24-30-18-14-26(2)15-19-30)35(44)25-43(32-13-9-12-31(23-32)37(38,39)40)48(46,47)33-20-16-27(3)17-21-33/h6-21,23,28,34H,5,22,24-25H2,1-4H3,(H,41,45)/t28-,34-/m1/s1. The molecule has 0 aliphatic carbocycles. The molecule has 0 fully saturated rings. The number of anilines is 1. The fourth-order valence-corrected chi connectivity index (χ4v) is 6.49. The smallest absolute Gasteiger partial charge is 0.352 e. The molecule has 11 heteroatoms. The van der Waals surface area contributed by atoms with Gasteiger partial charge in [0.2, 0.25) is 11.8 Å². The topological polar surface area (TPSA) is 86.8 Å². The van der Waals surface area contributed by atoms with E-state index in [4.69, 9.17) is 0 Å². The molecular weight excluding hydrogens is 639 g/mol. The van der Waals surface area contributed by atoms with Crippen LogP contribution in [0.5, 0.6) is 0 Å². The third kappa shape index (κ3) is 9.25. The molecule has 1 N–H and O–H groups in total. The van der Waals surface area contributed by atoms with Crippen molar-refractivity contribution in [2.24, 2.45) is 0 Å². The number of halogens is 3. The van der Waals surface area contributed by atoms with E-state index in [0.717, 1.165) is 28.8 Å². The second-order valence-electron chi connectivity index (χ2n) is 11.9. The lowest BCUT2D eigenvalue weighted by Crippen LogP contribution is -2.54. The Balaban J connectivity index is 1.84. The van der Waals surface area contributed by atoms with Gasteiger partial charge in [-0.05, 0) is 68.7 Å². The molecule has 0 heterocycles. The first-order chi connectivity index (χ1) is 22.7. The van der Waals surface area contributed by atoms with Crippen molar-refractivity contribution in [1.82, 2.24) is 10.2 Å². The maximum absolute atomic E-state index is 14.5. The van der Waals surface area contributed by atoms with Crippen LogP contribution in [0.15, 0.2) is 108 Å². The first-order valence-electron chi connectivity index (χ1n) is 15.6. The quantitative estimate of drug-likeness (QED) is 0.164. The van der Waals surface area contributed by atoms with Crippen molar-refractivity contribution < 1.29 is 31.2 Å². The van der Waals surface area contributed by atoms with Gasteiger partial charge in [-0.2, -0.15) is 13.2 Å². The molecule has 0 radical (unpaired) electrons. The van der Waals surface area contributed by atoms with Gasteiger partial charge in [0.1, 0.15) is 12.6 Å². The van der Waals surface area contributed by atoms with E-state index in [-0.39, 0.29) is 29.6 Å². The fourth-order valence-electron chi connectivity index (χ4n) is 5.09. The van der Waals surface area contributed by atoms with Gasteiger partial charge in [-0.3, -0.25) is 13.9 Å². The average molecular weight is 680 g/mol. The number of carbonyl (C=O) groups is 2. The first-order valence-corrected chi connectivity index (χ1v) is 17.1. The lowest BCUT2D eigenvalue weighted by molar-refractivity contribution is -0.140. The van der Waals surface area contributed by atoms with E-state index in [2.05, 4.69) is 5.32 Å². The van der Waals surface area contributed by atoms with Crippen LogP contribution in [-0.2, 0) is 38.8 Å². The molecule has 4 aromatic carbocycles. The summed E-state index contributed by atoms with van der Waals surface area (Å²) in [5.74, 6) is -1.19. The zero-order valence-corrected chi connectivity index (χ0v) is 28.2. The predicted molar refractivity (Wildman–Crippen MR) is 181 cm³/mol. The van der Waals surface area contributed by atoms with E-state index in [1.165, 1.54) is 23.1 Å². The molecule has 0 saturated carbocycles. The van der Waals surface area contributed by atoms with Crippen LogP contribution in [-0.4, -0.2) is 43.8 Å². The number of aryl methyl sites for hydroxylation is 2. The number of hydrogen-bond donors (Lipinski definition) is 1. The lowest BCUT2D eigenvalue weighted by Gasteiger charge is -2.34. The van der Waals surface area contributed by atoms with Gasteiger partial charge in [0.15, 0.2) is 0 Å². The van der Waals surface area contributed by atoms with E-state index in [1.54, 1.807) is 19.1 Å². The minimum absolute atomic E-state index is 0.0500. The number of rotatable bonds is 13. The summed E-state index contributed by atoms with van der Waals surface area (Å²) in [6.45, 7) is 6.53.